The molecular formula is C58H58F5NO3S. The molecule has 0 fully saturated rings. The van der Waals surface area contributed by atoms with Crippen molar-refractivity contribution < 1.29 is 36.6 Å². The summed E-state index contributed by atoms with van der Waals surface area (Å²) in [5, 5.41) is 9.54. The number of alkyl halides is 5. The van der Waals surface area contributed by atoms with Gasteiger partial charge in [-0.25, -0.2) is 4.79 Å². The van der Waals surface area contributed by atoms with Gasteiger partial charge in [-0.15, -0.1) is 11.3 Å². The molecule has 1 heterocycles. The lowest BCUT2D eigenvalue weighted by atomic mass is 9.70. The molecule has 0 atom stereocenters. The van der Waals surface area contributed by atoms with E-state index >= 15 is 0 Å². The molecule has 0 bridgehead atoms. The molecule has 0 unspecified atom stereocenters. The number of ketones is 1. The van der Waals surface area contributed by atoms with Crippen LogP contribution in [0.4, 0.5) is 39.0 Å². The predicted molar refractivity (Wildman–Crippen MR) is 267 cm³/mol. The van der Waals surface area contributed by atoms with E-state index in [1.165, 1.54) is 50.6 Å². The average Bonchev–Trinajstić information content (AvgIpc) is 4.00. The van der Waals surface area contributed by atoms with Crippen LogP contribution < -0.4 is 4.90 Å². The normalized spacial score (nSPS) is 14.6. The third-order valence-electron chi connectivity index (χ3n) is 14.3. The van der Waals surface area contributed by atoms with Gasteiger partial charge in [-0.2, -0.15) is 22.0 Å². The van der Waals surface area contributed by atoms with Crippen LogP contribution in [0.1, 0.15) is 132 Å². The van der Waals surface area contributed by atoms with Crippen molar-refractivity contribution >= 4 is 46.2 Å². The van der Waals surface area contributed by atoms with Gasteiger partial charge < -0.3 is 10.0 Å². The van der Waals surface area contributed by atoms with Crippen LogP contribution in [0.15, 0.2) is 127 Å². The molecule has 0 radical (unpaired) electrons. The van der Waals surface area contributed by atoms with E-state index in [0.29, 0.717) is 16.5 Å². The largest absolute Gasteiger partial charge is 0.478 e. The lowest BCUT2D eigenvalue weighted by molar-refractivity contribution is -0.266. The van der Waals surface area contributed by atoms with Gasteiger partial charge >= 0.3 is 18.1 Å². The van der Waals surface area contributed by atoms with E-state index in [-0.39, 0.29) is 15.7 Å². The van der Waals surface area contributed by atoms with Crippen LogP contribution in [0.5, 0.6) is 0 Å². The van der Waals surface area contributed by atoms with Crippen LogP contribution in [-0.2, 0) is 20.4 Å². The number of unbranched alkanes of at least 4 members (excludes halogenated alkanes) is 4. The number of aliphatic carboxylic acids is 1. The van der Waals surface area contributed by atoms with Gasteiger partial charge in [-0.3, -0.25) is 4.79 Å². The van der Waals surface area contributed by atoms with E-state index in [1.54, 1.807) is 6.07 Å². The van der Waals surface area contributed by atoms with E-state index in [1.807, 2.05) is 24.3 Å². The Kier molecular flexibility index (Phi) is 14.0. The molecule has 2 aliphatic rings. The predicted octanol–water partition coefficient (Wildman–Crippen LogP) is 17.4. The van der Waals surface area contributed by atoms with Gasteiger partial charge in [-0.1, -0.05) is 152 Å². The van der Waals surface area contributed by atoms with E-state index in [2.05, 4.69) is 118 Å². The standard InChI is InChI=1S/C58H58F5NO3S/c1-5-9-31-55(32-10-6-2)48-19-15-13-17-43(48)45-28-25-40(35-50(45)55)64(41-26-29-46-44-18-14-16-20-49(44)56(33-11-7-3,34-12-8-4)51(46)36-41)39-23-21-38(22-24-39)52-30-27-42(68-52)37-47(54(66)67)53(65)57(59,60)58(61,62)63/h13-30,35-37H,5-12,31-34H2,1-4H3,(H,66,67). The van der Waals surface area contributed by atoms with Crippen LogP contribution in [0.25, 0.3) is 38.8 Å². The van der Waals surface area contributed by atoms with Crippen molar-refractivity contribution in [3.63, 3.8) is 0 Å². The third-order valence-corrected chi connectivity index (χ3v) is 15.4. The van der Waals surface area contributed by atoms with Crippen molar-refractivity contribution in [2.45, 2.75) is 128 Å². The molecule has 2 aliphatic carbocycles. The number of rotatable bonds is 20. The number of thiophene rings is 1. The van der Waals surface area contributed by atoms with Crippen molar-refractivity contribution in [1.82, 2.24) is 0 Å². The van der Waals surface area contributed by atoms with Crippen molar-refractivity contribution in [3.05, 3.63) is 154 Å². The Bertz CT molecular complexity index is 2700. The third kappa shape index (κ3) is 8.62. The van der Waals surface area contributed by atoms with Gasteiger partial charge in [0, 0.05) is 37.6 Å². The molecule has 354 valence electrons. The number of anilines is 3. The summed E-state index contributed by atoms with van der Waals surface area (Å²) in [6.45, 7) is 9.02. The molecule has 0 amide bonds. The highest BCUT2D eigenvalue weighted by atomic mass is 32.1. The first kappa shape index (κ1) is 48.6. The van der Waals surface area contributed by atoms with Crippen LogP contribution >= 0.6 is 11.3 Å². The fraction of sp³-hybridized carbons (Fsp3) is 0.345. The number of fused-ring (bicyclic) bond motifs is 6. The van der Waals surface area contributed by atoms with Gasteiger partial charge in [-0.05, 0) is 130 Å². The monoisotopic (exact) mass is 943 g/mol. The molecule has 6 aromatic rings. The molecule has 0 saturated heterocycles. The summed E-state index contributed by atoms with van der Waals surface area (Å²) in [6, 6.07) is 42.6. The quantitative estimate of drug-likeness (QED) is 0.0359. The first-order chi connectivity index (χ1) is 32.6. The van der Waals surface area contributed by atoms with Gasteiger partial charge in [0.1, 0.15) is 5.57 Å². The molecular weight excluding hydrogens is 886 g/mol. The Hall–Kier alpha value is -5.87. The van der Waals surface area contributed by atoms with Crippen LogP contribution in [-0.4, -0.2) is 29.0 Å². The van der Waals surface area contributed by atoms with E-state index in [4.69, 9.17) is 0 Å². The number of benzene rings is 5. The molecule has 5 aromatic carbocycles. The van der Waals surface area contributed by atoms with Crippen LogP contribution in [0.2, 0.25) is 0 Å². The zero-order valence-electron chi connectivity index (χ0n) is 39.1. The zero-order valence-corrected chi connectivity index (χ0v) is 39.9. The molecule has 68 heavy (non-hydrogen) atoms. The summed E-state index contributed by atoms with van der Waals surface area (Å²) in [5.41, 5.74) is 12.3. The molecule has 0 saturated carbocycles. The van der Waals surface area contributed by atoms with E-state index in [9.17, 15) is 36.6 Å². The fourth-order valence-electron chi connectivity index (χ4n) is 10.9. The SMILES string of the molecule is CCCCC1(CCCC)c2ccccc2-c2ccc(N(c3ccc(-c4ccc(C=C(C(=O)O)C(=O)C(F)(F)C(F)(F)F)s4)cc3)c3ccc4c(c3)C(CCCC)(CCCC)c3ccccc3-4)cc21. The highest BCUT2D eigenvalue weighted by Crippen LogP contribution is 2.58. The maximum Gasteiger partial charge on any atom is 0.461 e. The van der Waals surface area contributed by atoms with Crippen molar-refractivity contribution in [2.24, 2.45) is 0 Å². The summed E-state index contributed by atoms with van der Waals surface area (Å²) in [7, 11) is 0. The van der Waals surface area contributed by atoms with E-state index < -0.39 is 29.4 Å². The number of halogens is 5. The van der Waals surface area contributed by atoms with Crippen LogP contribution in [0.3, 0.4) is 0 Å². The Labute approximate surface area is 400 Å². The maximum absolute atomic E-state index is 14.0. The molecule has 1 aromatic heterocycles. The highest BCUT2D eigenvalue weighted by Gasteiger charge is 2.64. The second kappa shape index (κ2) is 19.6. The summed E-state index contributed by atoms with van der Waals surface area (Å²) >= 11 is 0.983. The van der Waals surface area contributed by atoms with E-state index in [0.717, 1.165) is 105 Å². The number of carboxylic acids is 1. The number of Topliss-reactive ketones (excluding diaryl/α,β-unsaturated/α-hetero) is 1. The lowest BCUT2D eigenvalue weighted by Crippen LogP contribution is -2.45. The van der Waals surface area contributed by atoms with Crippen molar-refractivity contribution in [2.75, 3.05) is 4.90 Å². The molecule has 0 aliphatic heterocycles. The molecule has 10 heteroatoms. The van der Waals surface area contributed by atoms with Gasteiger partial charge in [0.15, 0.2) is 0 Å². The smallest absolute Gasteiger partial charge is 0.461 e. The van der Waals surface area contributed by atoms with Crippen molar-refractivity contribution in [3.8, 4) is 32.7 Å². The summed E-state index contributed by atoms with van der Waals surface area (Å²) < 4.78 is 67.2. The lowest BCUT2D eigenvalue weighted by Gasteiger charge is -2.35. The molecule has 4 nitrogen and oxygen atoms in total. The van der Waals surface area contributed by atoms with Gasteiger partial charge in [0.05, 0.1) is 0 Å². The van der Waals surface area contributed by atoms with Crippen molar-refractivity contribution in [1.29, 1.82) is 0 Å². The molecule has 1 N–H and O–H groups in total. The number of carbonyl (C=O) groups excluding carboxylic acids is 1. The average molecular weight is 944 g/mol. The Morgan fingerprint density at radius 1 is 0.559 bits per heavy atom. The second-order valence-electron chi connectivity index (χ2n) is 18.5. The molecule has 8 rings (SSSR count). The second-order valence-corrected chi connectivity index (χ2v) is 19.6. The zero-order chi connectivity index (χ0) is 48.4. The Morgan fingerprint density at radius 2 is 0.985 bits per heavy atom. The minimum atomic E-state index is -6.25. The topological polar surface area (TPSA) is 57.6 Å². The number of carbonyl (C=O) groups is 2. The minimum Gasteiger partial charge on any atom is -0.478 e. The first-order valence-corrected chi connectivity index (χ1v) is 24.9. The number of carboxylic acid groups (broad SMARTS) is 1. The van der Waals surface area contributed by atoms with Gasteiger partial charge in [0.25, 0.3) is 0 Å². The highest BCUT2D eigenvalue weighted by molar-refractivity contribution is 7.16. The summed E-state index contributed by atoms with van der Waals surface area (Å²) in [5.74, 6) is -10.8. The minimum absolute atomic E-state index is 0.0389. The fourth-order valence-corrected chi connectivity index (χ4v) is 11.8. The first-order valence-electron chi connectivity index (χ1n) is 24.1. The number of hydrogen-bond acceptors (Lipinski definition) is 4. The summed E-state index contributed by atoms with van der Waals surface area (Å²) in [4.78, 5) is 27.1. The number of nitrogens with zero attached hydrogens (tertiary/aromatic N) is 1. The number of hydrogen-bond donors (Lipinski definition) is 1. The van der Waals surface area contributed by atoms with Gasteiger partial charge in [0.2, 0.25) is 5.78 Å². The van der Waals surface area contributed by atoms with Crippen LogP contribution in [0, 0.1) is 0 Å². The molecule has 0 spiro atoms. The Balaban J connectivity index is 1.27. The maximum atomic E-state index is 14.0. The Morgan fingerprint density at radius 3 is 1.41 bits per heavy atom. The summed E-state index contributed by atoms with van der Waals surface area (Å²) in [6.07, 6.45) is 7.29.